The van der Waals surface area contributed by atoms with Gasteiger partial charge in [-0.25, -0.2) is 17.6 Å². The number of allylic oxidation sites excluding steroid dienone is 1. The molecule has 1 aromatic rings. The number of hydrogen-bond donors (Lipinski definition) is 0. The van der Waals surface area contributed by atoms with Gasteiger partial charge in [-0.15, -0.1) is 0 Å². The zero-order valence-electron chi connectivity index (χ0n) is 11.2. The highest BCUT2D eigenvalue weighted by Crippen LogP contribution is 2.36. The van der Waals surface area contributed by atoms with E-state index in [-0.39, 0.29) is 12.8 Å². The van der Waals surface area contributed by atoms with E-state index in [2.05, 4.69) is 0 Å². The van der Waals surface area contributed by atoms with Gasteiger partial charge in [0.2, 0.25) is 0 Å². The maximum absolute atomic E-state index is 14.1. The van der Waals surface area contributed by atoms with E-state index < -0.39 is 36.9 Å². The van der Waals surface area contributed by atoms with Gasteiger partial charge in [0.25, 0.3) is 0 Å². The smallest absolute Gasteiger partial charge is 0.159 e. The molecule has 0 saturated heterocycles. The van der Waals surface area contributed by atoms with Crippen LogP contribution in [0, 0.1) is 17.6 Å². The molecule has 0 radical (unpaired) electrons. The summed E-state index contributed by atoms with van der Waals surface area (Å²) in [6.07, 6.45) is 0.465. The monoisotopic (exact) mass is 288 g/mol. The van der Waals surface area contributed by atoms with Gasteiger partial charge < -0.3 is 0 Å². The third-order valence-electron chi connectivity index (χ3n) is 3.40. The molecule has 19 heavy (non-hydrogen) atoms. The minimum atomic E-state index is -2.33. The van der Waals surface area contributed by atoms with Crippen LogP contribution in [0.25, 0.3) is 0 Å². The summed E-state index contributed by atoms with van der Waals surface area (Å²) in [7, 11) is -2.33. The van der Waals surface area contributed by atoms with E-state index in [1.54, 1.807) is 19.6 Å². The second-order valence-electron chi connectivity index (χ2n) is 6.05. The predicted octanol–water partition coefficient (Wildman–Crippen LogP) is 4.71. The Hall–Kier alpha value is -1.10. The Morgan fingerprint density at radius 3 is 1.79 bits per heavy atom. The molecule has 0 aromatic heterocycles. The van der Waals surface area contributed by atoms with Gasteiger partial charge in [0.15, 0.2) is 11.6 Å². The van der Waals surface area contributed by atoms with Crippen LogP contribution < -0.4 is 0 Å². The fourth-order valence-electron chi connectivity index (χ4n) is 2.33. The van der Waals surface area contributed by atoms with Crippen molar-refractivity contribution in [2.45, 2.75) is 32.5 Å². The van der Waals surface area contributed by atoms with Gasteiger partial charge in [-0.1, -0.05) is 19.6 Å². The molecule has 0 fully saturated rings. The SMILES string of the molecule is C[Si](C)(C)/C(F)=C(\F)C1Cc2cc(F)c(F)cc2C1. The fourth-order valence-corrected chi connectivity index (χ4v) is 3.25. The van der Waals surface area contributed by atoms with Crippen molar-refractivity contribution in [3.8, 4) is 0 Å². The van der Waals surface area contributed by atoms with Crippen molar-refractivity contribution < 1.29 is 17.6 Å². The van der Waals surface area contributed by atoms with Crippen LogP contribution >= 0.6 is 0 Å². The number of hydrogen-bond acceptors (Lipinski definition) is 0. The molecule has 2 rings (SSSR count). The lowest BCUT2D eigenvalue weighted by Crippen LogP contribution is -2.24. The Morgan fingerprint density at radius 1 is 1.00 bits per heavy atom. The zero-order chi connectivity index (χ0) is 14.4. The molecule has 104 valence electrons. The number of benzene rings is 1. The molecule has 0 nitrogen and oxygen atoms in total. The van der Waals surface area contributed by atoms with E-state index in [4.69, 9.17) is 0 Å². The summed E-state index contributed by atoms with van der Waals surface area (Å²) < 4.78 is 54.3. The van der Waals surface area contributed by atoms with Crippen LogP contribution in [0.1, 0.15) is 11.1 Å². The molecule has 0 amide bonds. The van der Waals surface area contributed by atoms with Crippen LogP contribution in [0.3, 0.4) is 0 Å². The largest absolute Gasteiger partial charge is 0.215 e. The lowest BCUT2D eigenvalue weighted by atomic mass is 10.1. The van der Waals surface area contributed by atoms with Crippen molar-refractivity contribution >= 4 is 8.07 Å². The van der Waals surface area contributed by atoms with Crippen molar-refractivity contribution in [2.24, 2.45) is 5.92 Å². The second kappa shape index (κ2) is 4.78. The number of rotatable bonds is 2. The van der Waals surface area contributed by atoms with Gasteiger partial charge in [-0.05, 0) is 36.1 Å². The summed E-state index contributed by atoms with van der Waals surface area (Å²) in [5.74, 6) is -3.23. The summed E-state index contributed by atoms with van der Waals surface area (Å²) in [4.78, 5) is 0. The van der Waals surface area contributed by atoms with Crippen molar-refractivity contribution in [3.05, 3.63) is 46.2 Å². The van der Waals surface area contributed by atoms with Crippen LogP contribution in [-0.2, 0) is 12.8 Å². The van der Waals surface area contributed by atoms with E-state index in [0.717, 1.165) is 12.1 Å². The number of halogens is 4. The Labute approximate surface area is 111 Å². The van der Waals surface area contributed by atoms with Gasteiger partial charge in [0.1, 0.15) is 19.4 Å². The minimum absolute atomic E-state index is 0.232. The molecule has 1 aliphatic carbocycles. The molecule has 1 aromatic carbocycles. The molecule has 0 unspecified atom stereocenters. The fraction of sp³-hybridized carbons (Fsp3) is 0.429. The molecule has 5 heteroatoms. The van der Waals surface area contributed by atoms with E-state index in [1.807, 2.05) is 0 Å². The van der Waals surface area contributed by atoms with Crippen LogP contribution in [0.4, 0.5) is 17.6 Å². The predicted molar refractivity (Wildman–Crippen MR) is 69.8 cm³/mol. The Kier molecular flexibility index (Phi) is 3.60. The van der Waals surface area contributed by atoms with Crippen LogP contribution in [-0.4, -0.2) is 8.07 Å². The second-order valence-corrected chi connectivity index (χ2v) is 11.0. The van der Waals surface area contributed by atoms with Crippen LogP contribution in [0.2, 0.25) is 19.6 Å². The van der Waals surface area contributed by atoms with Crippen molar-refractivity contribution in [2.75, 3.05) is 0 Å². The Morgan fingerprint density at radius 2 is 1.42 bits per heavy atom. The average Bonchev–Trinajstić information content (AvgIpc) is 2.69. The lowest BCUT2D eigenvalue weighted by molar-refractivity contribution is 0.447. The summed E-state index contributed by atoms with van der Waals surface area (Å²) in [6, 6.07) is 2.18. The van der Waals surface area contributed by atoms with Crippen molar-refractivity contribution in [3.63, 3.8) is 0 Å². The first kappa shape index (κ1) is 14.3. The third-order valence-corrected chi connectivity index (χ3v) is 4.96. The molecular weight excluding hydrogens is 272 g/mol. The molecule has 1 aliphatic rings. The average molecular weight is 288 g/mol. The topological polar surface area (TPSA) is 0 Å². The molecule has 0 heterocycles. The maximum atomic E-state index is 14.1. The number of fused-ring (bicyclic) bond motifs is 1. The third kappa shape index (κ3) is 2.75. The molecule has 0 bridgehead atoms. The zero-order valence-corrected chi connectivity index (χ0v) is 12.2. The highest BCUT2D eigenvalue weighted by molar-refractivity contribution is 6.82. The molecular formula is C14H16F4Si. The minimum Gasteiger partial charge on any atom is -0.215 e. The first-order valence-corrected chi connectivity index (χ1v) is 9.72. The van der Waals surface area contributed by atoms with Crippen molar-refractivity contribution in [1.82, 2.24) is 0 Å². The van der Waals surface area contributed by atoms with Crippen LogP contribution in [0.15, 0.2) is 23.4 Å². The summed E-state index contributed by atoms with van der Waals surface area (Å²) >= 11 is 0. The molecule has 0 saturated carbocycles. The normalized spacial score (nSPS) is 17.4. The van der Waals surface area contributed by atoms with Crippen molar-refractivity contribution in [1.29, 1.82) is 0 Å². The van der Waals surface area contributed by atoms with Gasteiger partial charge >= 0.3 is 0 Å². The summed E-state index contributed by atoms with van der Waals surface area (Å²) in [5, 5.41) is 0. The van der Waals surface area contributed by atoms with Gasteiger partial charge in [0.05, 0.1) is 0 Å². The van der Waals surface area contributed by atoms with E-state index >= 15 is 0 Å². The van der Waals surface area contributed by atoms with E-state index in [1.165, 1.54) is 0 Å². The quantitative estimate of drug-likeness (QED) is 0.546. The first-order chi connectivity index (χ1) is 8.70. The van der Waals surface area contributed by atoms with E-state index in [0.29, 0.717) is 11.1 Å². The first-order valence-electron chi connectivity index (χ1n) is 6.22. The molecule has 0 aliphatic heterocycles. The highest BCUT2D eigenvalue weighted by atomic mass is 28.3. The highest BCUT2D eigenvalue weighted by Gasteiger charge is 2.32. The summed E-state index contributed by atoms with van der Waals surface area (Å²) in [6.45, 7) is 5.18. The maximum Gasteiger partial charge on any atom is 0.159 e. The molecule has 0 spiro atoms. The molecule has 0 atom stereocenters. The molecule has 0 N–H and O–H groups in total. The van der Waals surface area contributed by atoms with Crippen LogP contribution in [0.5, 0.6) is 0 Å². The summed E-state index contributed by atoms with van der Waals surface area (Å²) in [5.41, 5.74) is 0.496. The standard InChI is InChI=1S/C14H16F4Si/c1-19(2,3)14(18)13(17)10-4-8-6-11(15)12(16)7-9(8)5-10/h6-7,10H,4-5H2,1-3H3/b14-13-. The Bertz CT molecular complexity index is 512. The van der Waals surface area contributed by atoms with Gasteiger partial charge in [-0.3, -0.25) is 0 Å². The Balaban J connectivity index is 2.30. The lowest BCUT2D eigenvalue weighted by Gasteiger charge is -2.16. The van der Waals surface area contributed by atoms with Gasteiger partial charge in [-0.2, -0.15) is 0 Å². The van der Waals surface area contributed by atoms with Gasteiger partial charge in [0, 0.05) is 5.92 Å². The van der Waals surface area contributed by atoms with E-state index in [9.17, 15) is 17.6 Å².